The molecule has 0 fully saturated rings. The summed E-state index contributed by atoms with van der Waals surface area (Å²) in [7, 11) is -4.79. The molecule has 4 atom stereocenters. The molecule has 0 aliphatic heterocycles. The van der Waals surface area contributed by atoms with Crippen molar-refractivity contribution in [2.24, 2.45) is 5.73 Å². The van der Waals surface area contributed by atoms with Gasteiger partial charge in [-0.3, -0.25) is 23.4 Å². The fraction of sp³-hybridized carbons (Fsp3) is 0.700. The number of carbonyl (C=O) groups excluding carboxylic acids is 2. The number of hydrogen-bond acceptors (Lipinski definition) is 10. The van der Waals surface area contributed by atoms with Gasteiger partial charge < -0.3 is 30.3 Å². The van der Waals surface area contributed by atoms with Gasteiger partial charge in [-0.15, -0.1) is 0 Å². The quantitative estimate of drug-likeness (QED) is 0.0149. The average Bonchev–Trinajstić information content (AvgIpc) is 3.26. The van der Waals surface area contributed by atoms with E-state index in [0.29, 0.717) is 6.42 Å². The van der Waals surface area contributed by atoms with Crippen LogP contribution >= 0.6 is 7.82 Å². The van der Waals surface area contributed by atoms with E-state index in [2.05, 4.69) is 67.0 Å². The monoisotopic (exact) mass is 908 g/mol. The number of nitrogens with two attached hydrogens (primary N) is 1. The van der Waals surface area contributed by atoms with Crippen LogP contribution in [0.15, 0.2) is 72.9 Å². The second-order valence-electron chi connectivity index (χ2n) is 16.1. The van der Waals surface area contributed by atoms with E-state index in [1.54, 1.807) is 18.2 Å². The molecule has 0 saturated carbocycles. The van der Waals surface area contributed by atoms with E-state index in [0.717, 1.165) is 51.4 Å². The molecule has 362 valence electrons. The van der Waals surface area contributed by atoms with Crippen LogP contribution in [0, 0.1) is 0 Å². The lowest BCUT2D eigenvalue weighted by atomic mass is 10.0. The van der Waals surface area contributed by atoms with Crippen LogP contribution in [0.4, 0.5) is 0 Å². The Balaban J connectivity index is 4.50. The molecule has 0 radical (unpaired) electrons. The highest BCUT2D eigenvalue weighted by molar-refractivity contribution is 7.47. The Morgan fingerprint density at radius 1 is 0.571 bits per heavy atom. The number of carboxylic acid groups (broad SMARTS) is 1. The number of phosphoric ester groups is 1. The minimum Gasteiger partial charge on any atom is -0.480 e. The SMILES string of the molecule is CC/C=C\C/C=C\C/C=C\C/C=C\C/C=C\C=C/C(O)CCC(=O)O[C@H](COC(=O)CCCCCCCCCCCCCCCCCCCCC)COP(=O)(O)OC[C@H](N)C(=O)O. The second kappa shape index (κ2) is 44.1. The summed E-state index contributed by atoms with van der Waals surface area (Å²) >= 11 is 0. The topological polar surface area (TPSA) is 192 Å². The van der Waals surface area contributed by atoms with E-state index in [1.807, 2.05) is 6.08 Å². The molecule has 0 bridgehead atoms. The summed E-state index contributed by atoms with van der Waals surface area (Å²) in [5.41, 5.74) is 5.33. The molecular weight excluding hydrogens is 822 g/mol. The van der Waals surface area contributed by atoms with E-state index in [1.165, 1.54) is 96.3 Å². The number of aliphatic carboxylic acids is 1. The zero-order valence-corrected chi connectivity index (χ0v) is 39.9. The third-order valence-corrected chi connectivity index (χ3v) is 11.0. The molecular formula is C50H86NO11P. The van der Waals surface area contributed by atoms with Crippen LogP contribution in [0.3, 0.4) is 0 Å². The van der Waals surface area contributed by atoms with Gasteiger partial charge in [0.2, 0.25) is 0 Å². The minimum absolute atomic E-state index is 0.0431. The van der Waals surface area contributed by atoms with Crippen molar-refractivity contribution in [2.45, 2.75) is 205 Å². The Morgan fingerprint density at radius 2 is 1.02 bits per heavy atom. The van der Waals surface area contributed by atoms with Crippen molar-refractivity contribution in [3.63, 3.8) is 0 Å². The maximum Gasteiger partial charge on any atom is 0.472 e. The van der Waals surface area contributed by atoms with E-state index in [9.17, 15) is 28.9 Å². The molecule has 0 aromatic rings. The number of aliphatic hydroxyl groups excluding tert-OH is 1. The third kappa shape index (κ3) is 43.9. The molecule has 63 heavy (non-hydrogen) atoms. The van der Waals surface area contributed by atoms with Crippen LogP contribution in [-0.4, -0.2) is 71.1 Å². The van der Waals surface area contributed by atoms with Crippen molar-refractivity contribution in [1.29, 1.82) is 0 Å². The Hall–Kier alpha value is -3.12. The molecule has 0 amide bonds. The zero-order chi connectivity index (χ0) is 46.5. The molecule has 0 heterocycles. The number of ether oxygens (including phenoxy) is 2. The maximum atomic E-state index is 12.7. The molecule has 5 N–H and O–H groups in total. The number of allylic oxidation sites excluding steroid dienone is 11. The molecule has 12 nitrogen and oxygen atoms in total. The summed E-state index contributed by atoms with van der Waals surface area (Å²) in [6.45, 7) is 2.46. The van der Waals surface area contributed by atoms with Gasteiger partial charge >= 0.3 is 25.7 Å². The lowest BCUT2D eigenvalue weighted by Gasteiger charge is -2.20. The van der Waals surface area contributed by atoms with Gasteiger partial charge in [-0.25, -0.2) is 4.57 Å². The highest BCUT2D eigenvalue weighted by Gasteiger charge is 2.28. The maximum absolute atomic E-state index is 12.7. The number of unbranched alkanes of at least 4 members (excludes halogenated alkanes) is 18. The van der Waals surface area contributed by atoms with Crippen molar-refractivity contribution < 1.29 is 52.6 Å². The van der Waals surface area contributed by atoms with Crippen LogP contribution in [0.2, 0.25) is 0 Å². The first-order valence-electron chi connectivity index (χ1n) is 24.1. The van der Waals surface area contributed by atoms with Gasteiger partial charge in [0, 0.05) is 12.8 Å². The van der Waals surface area contributed by atoms with Gasteiger partial charge in [0.15, 0.2) is 6.10 Å². The lowest BCUT2D eigenvalue weighted by molar-refractivity contribution is -0.161. The highest BCUT2D eigenvalue weighted by atomic mass is 31.2. The summed E-state index contributed by atoms with van der Waals surface area (Å²) in [4.78, 5) is 46.1. The van der Waals surface area contributed by atoms with Gasteiger partial charge in [-0.1, -0.05) is 202 Å². The molecule has 0 aromatic heterocycles. The molecule has 0 spiro atoms. The van der Waals surface area contributed by atoms with E-state index in [4.69, 9.17) is 24.8 Å². The zero-order valence-electron chi connectivity index (χ0n) is 39.0. The normalized spacial score (nSPS) is 14.7. The number of rotatable bonds is 44. The van der Waals surface area contributed by atoms with E-state index < -0.39 is 63.8 Å². The highest BCUT2D eigenvalue weighted by Crippen LogP contribution is 2.43. The Kier molecular flexibility index (Phi) is 41.9. The Labute approximate surface area is 381 Å². The van der Waals surface area contributed by atoms with Crippen molar-refractivity contribution >= 4 is 25.7 Å². The first-order valence-corrected chi connectivity index (χ1v) is 25.6. The van der Waals surface area contributed by atoms with Crippen LogP contribution in [-0.2, 0) is 37.5 Å². The largest absolute Gasteiger partial charge is 0.480 e. The summed E-state index contributed by atoms with van der Waals surface area (Å²) in [6, 6.07) is -1.56. The number of hydrogen-bond donors (Lipinski definition) is 4. The Morgan fingerprint density at radius 3 is 1.49 bits per heavy atom. The predicted octanol–water partition coefficient (Wildman–Crippen LogP) is 12.3. The molecule has 0 aliphatic carbocycles. The van der Waals surface area contributed by atoms with E-state index >= 15 is 0 Å². The fourth-order valence-corrected chi connectivity index (χ4v) is 7.07. The average molecular weight is 908 g/mol. The van der Waals surface area contributed by atoms with Crippen molar-refractivity contribution in [3.05, 3.63) is 72.9 Å². The summed E-state index contributed by atoms with van der Waals surface area (Å²) in [5, 5.41) is 19.2. The van der Waals surface area contributed by atoms with Crippen LogP contribution < -0.4 is 5.73 Å². The van der Waals surface area contributed by atoms with Gasteiger partial charge in [0.25, 0.3) is 0 Å². The molecule has 0 aromatic carbocycles. The lowest BCUT2D eigenvalue weighted by Crippen LogP contribution is -2.34. The smallest absolute Gasteiger partial charge is 0.472 e. The van der Waals surface area contributed by atoms with Crippen molar-refractivity contribution in [1.82, 2.24) is 0 Å². The molecule has 0 saturated heterocycles. The second-order valence-corrected chi connectivity index (χ2v) is 17.5. The number of phosphoric acid groups is 1. The number of carboxylic acids is 1. The summed E-state index contributed by atoms with van der Waals surface area (Å²) in [6.07, 6.45) is 50.1. The molecule has 13 heteroatoms. The molecule has 0 rings (SSSR count). The molecule has 0 aliphatic rings. The molecule has 2 unspecified atom stereocenters. The van der Waals surface area contributed by atoms with Crippen molar-refractivity contribution in [2.75, 3.05) is 19.8 Å². The predicted molar refractivity (Wildman–Crippen MR) is 255 cm³/mol. The third-order valence-electron chi connectivity index (χ3n) is 10.1. The van der Waals surface area contributed by atoms with Gasteiger partial charge in [0.05, 0.1) is 19.3 Å². The van der Waals surface area contributed by atoms with Gasteiger partial charge in [-0.2, -0.15) is 0 Å². The van der Waals surface area contributed by atoms with Crippen molar-refractivity contribution in [3.8, 4) is 0 Å². The summed E-state index contributed by atoms with van der Waals surface area (Å²) < 4.78 is 32.6. The fourth-order valence-electron chi connectivity index (χ4n) is 6.29. The minimum atomic E-state index is -4.79. The first kappa shape index (κ1) is 59.9. The van der Waals surface area contributed by atoms with E-state index in [-0.39, 0.29) is 19.3 Å². The summed E-state index contributed by atoms with van der Waals surface area (Å²) in [5.74, 6) is -2.69. The van der Waals surface area contributed by atoms with Gasteiger partial charge in [-0.05, 0) is 44.9 Å². The number of esters is 2. The first-order chi connectivity index (χ1) is 30.5. The standard InChI is InChI=1S/C50H86NO11P/c1-3-5-7-9-11-13-15-17-19-21-22-23-25-27-29-31-33-35-37-39-48(53)59-42-46(43-60-63(57,58)61-44-47(51)50(55)56)62-49(54)41-40-45(52)38-36-34-32-30-28-26-24-20-18-16-14-12-10-8-6-4-2/h6,8,12,14,18,20,26,28,32,34,36,38,45-47,52H,3-5,7,9-11,13,15-17,19,21-25,27,29-31,33,35,37,39-44,51H2,1-2H3,(H,55,56)(H,57,58)/b8-6-,14-12-,20-18-,28-26-,34-32-,38-36-/t45?,46-,47+/m1/s1. The van der Waals surface area contributed by atoms with Crippen LogP contribution in [0.1, 0.15) is 187 Å². The number of aliphatic hydroxyl groups is 1. The van der Waals surface area contributed by atoms with Gasteiger partial charge in [0.1, 0.15) is 12.6 Å². The number of carbonyl (C=O) groups is 3. The van der Waals surface area contributed by atoms with Crippen LogP contribution in [0.25, 0.3) is 0 Å². The Bertz CT molecular complexity index is 1360. The van der Waals surface area contributed by atoms with Crippen LogP contribution in [0.5, 0.6) is 0 Å².